The van der Waals surface area contributed by atoms with Crippen molar-refractivity contribution in [2.24, 2.45) is 0 Å². The normalized spacial score (nSPS) is 13.0. The Balaban J connectivity index is 1.68. The van der Waals surface area contributed by atoms with E-state index in [2.05, 4.69) is 27.0 Å². The lowest BCUT2D eigenvalue weighted by atomic mass is 10.1. The van der Waals surface area contributed by atoms with Crippen LogP contribution < -0.4 is 15.0 Å². The number of nitrogens with one attached hydrogen (secondary N) is 1. The molecule has 2 aromatic carbocycles. The Bertz CT molecular complexity index is 1480. The standard InChI is InChI=1S/C27H31N7O4/c1-28-20-15-25(37-4)23(16-22(20)34(35)36)33(12-11-31(2)3)27-29-10-9-19(30-27)26-18-7-5-6-8-21(18)32-13-14-38-17-24(26)32/h5-10,15-16,28H,11-14,17H2,1-4H3. The summed E-state index contributed by atoms with van der Waals surface area (Å²) in [5.74, 6) is 0.905. The average molecular weight is 518 g/mol. The van der Waals surface area contributed by atoms with Crippen LogP contribution >= 0.6 is 0 Å². The fourth-order valence-corrected chi connectivity index (χ4v) is 4.90. The van der Waals surface area contributed by atoms with Gasteiger partial charge in [0, 0.05) is 61.5 Å². The number of likely N-dealkylation sites (N-methyl/N-ethyl adjacent to an activating group) is 1. The summed E-state index contributed by atoms with van der Waals surface area (Å²) in [6.07, 6.45) is 1.73. The molecule has 1 aliphatic rings. The second-order valence-corrected chi connectivity index (χ2v) is 9.29. The third kappa shape index (κ3) is 4.61. The van der Waals surface area contributed by atoms with Gasteiger partial charge in [-0.15, -0.1) is 0 Å². The number of ether oxygens (including phenoxy) is 2. The molecule has 4 aromatic rings. The predicted octanol–water partition coefficient (Wildman–Crippen LogP) is 4.29. The molecule has 1 N–H and O–H groups in total. The maximum absolute atomic E-state index is 11.9. The molecule has 0 saturated heterocycles. The quantitative estimate of drug-likeness (QED) is 0.257. The third-order valence-electron chi connectivity index (χ3n) is 6.74. The van der Waals surface area contributed by atoms with Crippen molar-refractivity contribution in [3.8, 4) is 17.0 Å². The Kier molecular flexibility index (Phi) is 7.12. The minimum Gasteiger partial charge on any atom is -0.494 e. The number of hydrogen-bond donors (Lipinski definition) is 1. The van der Waals surface area contributed by atoms with Crippen LogP contribution in [0.25, 0.3) is 22.2 Å². The number of nitro benzene ring substituents is 1. The first-order valence-corrected chi connectivity index (χ1v) is 12.4. The molecule has 1 aliphatic heterocycles. The largest absolute Gasteiger partial charge is 0.494 e. The summed E-state index contributed by atoms with van der Waals surface area (Å²) in [5.41, 5.74) is 4.83. The van der Waals surface area contributed by atoms with Crippen molar-refractivity contribution in [2.45, 2.75) is 13.2 Å². The maximum atomic E-state index is 11.9. The predicted molar refractivity (Wildman–Crippen MR) is 147 cm³/mol. The number of rotatable bonds is 9. The summed E-state index contributed by atoms with van der Waals surface area (Å²) >= 11 is 0. The summed E-state index contributed by atoms with van der Waals surface area (Å²) < 4.78 is 13.8. The van der Waals surface area contributed by atoms with Crippen LogP contribution in [0.5, 0.6) is 5.75 Å². The molecule has 5 rings (SSSR count). The van der Waals surface area contributed by atoms with Crippen molar-refractivity contribution < 1.29 is 14.4 Å². The number of nitrogens with zero attached hydrogens (tertiary/aromatic N) is 6. The molecule has 0 unspecified atom stereocenters. The summed E-state index contributed by atoms with van der Waals surface area (Å²) in [6, 6.07) is 13.3. The zero-order valence-electron chi connectivity index (χ0n) is 22.0. The van der Waals surface area contributed by atoms with Gasteiger partial charge in [-0.05, 0) is 26.2 Å². The lowest BCUT2D eigenvalue weighted by Gasteiger charge is -2.26. The Morgan fingerprint density at radius 3 is 2.76 bits per heavy atom. The van der Waals surface area contributed by atoms with Crippen LogP contribution in [0.4, 0.5) is 23.0 Å². The highest BCUT2D eigenvalue weighted by Crippen LogP contribution is 2.41. The van der Waals surface area contributed by atoms with Gasteiger partial charge in [0.2, 0.25) is 5.95 Å². The number of methoxy groups -OCH3 is 1. The first-order chi connectivity index (χ1) is 18.4. The van der Waals surface area contributed by atoms with Crippen LogP contribution in [0.2, 0.25) is 0 Å². The molecule has 0 saturated carbocycles. The number of hydrogen-bond acceptors (Lipinski definition) is 9. The average Bonchev–Trinajstić information content (AvgIpc) is 3.27. The molecule has 0 aliphatic carbocycles. The van der Waals surface area contributed by atoms with Crippen LogP contribution in [0.1, 0.15) is 5.69 Å². The van der Waals surface area contributed by atoms with Gasteiger partial charge in [0.15, 0.2) is 0 Å². The van der Waals surface area contributed by atoms with Crippen LogP contribution in [0, 0.1) is 10.1 Å². The van der Waals surface area contributed by atoms with Gasteiger partial charge in [-0.2, -0.15) is 0 Å². The minimum atomic E-state index is -0.407. The highest BCUT2D eigenvalue weighted by Gasteiger charge is 2.26. The fraction of sp³-hybridized carbons (Fsp3) is 0.333. The number of para-hydroxylation sites is 1. The Hall–Kier alpha value is -4.22. The molecule has 0 radical (unpaired) electrons. The van der Waals surface area contributed by atoms with Crippen molar-refractivity contribution in [1.82, 2.24) is 19.4 Å². The van der Waals surface area contributed by atoms with Crippen LogP contribution in [-0.4, -0.2) is 72.3 Å². The Morgan fingerprint density at radius 1 is 1.21 bits per heavy atom. The zero-order valence-corrected chi connectivity index (χ0v) is 22.0. The molecule has 0 fully saturated rings. The van der Waals surface area contributed by atoms with E-state index in [1.807, 2.05) is 42.1 Å². The molecule has 0 spiro atoms. The Morgan fingerprint density at radius 2 is 2.03 bits per heavy atom. The van der Waals surface area contributed by atoms with Crippen molar-refractivity contribution >= 4 is 33.9 Å². The van der Waals surface area contributed by atoms with Crippen LogP contribution in [0.3, 0.4) is 0 Å². The summed E-state index contributed by atoms with van der Waals surface area (Å²) in [6.45, 7) is 3.09. The highest BCUT2D eigenvalue weighted by molar-refractivity contribution is 5.97. The number of fused-ring (bicyclic) bond motifs is 3. The molecule has 11 heteroatoms. The molecule has 0 bridgehead atoms. The van der Waals surface area contributed by atoms with Crippen molar-refractivity contribution in [1.29, 1.82) is 0 Å². The van der Waals surface area contributed by atoms with Crippen molar-refractivity contribution in [2.75, 3.05) is 58.2 Å². The van der Waals surface area contributed by atoms with E-state index in [4.69, 9.17) is 14.5 Å². The second kappa shape index (κ2) is 10.6. The van der Waals surface area contributed by atoms with Gasteiger partial charge in [-0.25, -0.2) is 9.97 Å². The Labute approximate surface area is 220 Å². The van der Waals surface area contributed by atoms with Crippen molar-refractivity contribution in [3.05, 3.63) is 64.5 Å². The lowest BCUT2D eigenvalue weighted by molar-refractivity contribution is -0.383. The third-order valence-corrected chi connectivity index (χ3v) is 6.74. The molecule has 3 heterocycles. The number of aromatic nitrogens is 3. The number of anilines is 3. The van der Waals surface area contributed by atoms with E-state index in [-0.39, 0.29) is 5.69 Å². The molecular formula is C27H31N7O4. The van der Waals surface area contributed by atoms with Crippen LogP contribution in [0.15, 0.2) is 48.7 Å². The van der Waals surface area contributed by atoms with Gasteiger partial charge in [0.25, 0.3) is 5.69 Å². The monoisotopic (exact) mass is 517 g/mol. The highest BCUT2D eigenvalue weighted by atomic mass is 16.6. The second-order valence-electron chi connectivity index (χ2n) is 9.29. The molecule has 11 nitrogen and oxygen atoms in total. The zero-order chi connectivity index (χ0) is 26.8. The maximum Gasteiger partial charge on any atom is 0.294 e. The molecular weight excluding hydrogens is 486 g/mol. The lowest BCUT2D eigenvalue weighted by Crippen LogP contribution is -2.30. The minimum absolute atomic E-state index is 0.0565. The molecule has 2 aromatic heterocycles. The summed E-state index contributed by atoms with van der Waals surface area (Å²) in [4.78, 5) is 25.0. The van der Waals surface area contributed by atoms with Gasteiger partial charge in [0.05, 0.1) is 42.3 Å². The first-order valence-electron chi connectivity index (χ1n) is 12.4. The fourth-order valence-electron chi connectivity index (χ4n) is 4.90. The topological polar surface area (TPSA) is 111 Å². The van der Waals surface area contributed by atoms with E-state index in [0.29, 0.717) is 49.4 Å². The van der Waals surface area contributed by atoms with Crippen LogP contribution in [-0.2, 0) is 17.9 Å². The van der Waals surface area contributed by atoms with E-state index in [1.165, 1.54) is 6.07 Å². The number of benzene rings is 2. The first kappa shape index (κ1) is 25.4. The summed E-state index contributed by atoms with van der Waals surface area (Å²) in [5, 5.41) is 15.9. The molecule has 0 amide bonds. The van der Waals surface area contributed by atoms with Gasteiger partial charge in [-0.3, -0.25) is 10.1 Å². The van der Waals surface area contributed by atoms with E-state index in [1.54, 1.807) is 26.4 Å². The van der Waals surface area contributed by atoms with E-state index in [9.17, 15) is 10.1 Å². The number of nitro groups is 1. The molecule has 198 valence electrons. The molecule has 0 atom stereocenters. The van der Waals surface area contributed by atoms with E-state index >= 15 is 0 Å². The van der Waals surface area contributed by atoms with E-state index in [0.717, 1.165) is 34.4 Å². The SMILES string of the molecule is CNc1cc(OC)c(N(CCN(C)C)c2nccc(-c3c4n(c5ccccc35)CCOC4)n2)cc1[N+](=O)[O-]. The van der Waals surface area contributed by atoms with Gasteiger partial charge < -0.3 is 29.2 Å². The van der Waals surface area contributed by atoms with Crippen molar-refractivity contribution in [3.63, 3.8) is 0 Å². The van der Waals surface area contributed by atoms with Gasteiger partial charge in [-0.1, -0.05) is 18.2 Å². The van der Waals surface area contributed by atoms with Gasteiger partial charge >= 0.3 is 0 Å². The molecule has 38 heavy (non-hydrogen) atoms. The summed E-state index contributed by atoms with van der Waals surface area (Å²) in [7, 11) is 7.13. The van der Waals surface area contributed by atoms with E-state index < -0.39 is 4.92 Å². The van der Waals surface area contributed by atoms with Gasteiger partial charge in [0.1, 0.15) is 11.4 Å². The smallest absolute Gasteiger partial charge is 0.294 e.